The summed E-state index contributed by atoms with van der Waals surface area (Å²) in [5.74, 6) is 0.343. The van der Waals surface area contributed by atoms with Crippen LogP contribution >= 0.6 is 0 Å². The molecule has 46 heavy (non-hydrogen) atoms. The number of phenols is 3. The van der Waals surface area contributed by atoms with Crippen LogP contribution in [0, 0.1) is 0 Å². The van der Waals surface area contributed by atoms with E-state index in [4.69, 9.17) is 9.47 Å². The Morgan fingerprint density at radius 1 is 0.609 bits per heavy atom. The van der Waals surface area contributed by atoms with Gasteiger partial charge in [-0.05, 0) is 58.1 Å². The standard InChI is InChI=1S/C37H56N4O5/c1-35(2)24-37(32-26(30(42)8-7-28(32)35)22-40-13-9-38(10-14-40)17-19-45-5)25-36(3,4)29-21-31(43)34(44)27(33(29)37)23-41-15-11-39(12-16-41)18-20-46-6/h7-8,21,42-44H,9-20,22-25H2,1-6H3. The van der Waals surface area contributed by atoms with Crippen molar-refractivity contribution in [2.24, 2.45) is 0 Å². The fourth-order valence-electron chi connectivity index (χ4n) is 9.32. The number of hydrogen-bond acceptors (Lipinski definition) is 9. The Hall–Kier alpha value is -2.40. The Balaban J connectivity index is 1.40. The molecule has 0 saturated carbocycles. The molecule has 1 unspecified atom stereocenters. The second kappa shape index (κ2) is 12.9. The fourth-order valence-corrected chi connectivity index (χ4v) is 9.32. The Kier molecular flexibility index (Phi) is 9.39. The number of aromatic hydroxyl groups is 3. The van der Waals surface area contributed by atoms with Crippen LogP contribution in [0.3, 0.4) is 0 Å². The molecule has 4 aliphatic rings. The van der Waals surface area contributed by atoms with E-state index in [-0.39, 0.29) is 27.7 Å². The van der Waals surface area contributed by atoms with Crippen LogP contribution < -0.4 is 0 Å². The second-order valence-corrected chi connectivity index (χ2v) is 15.6. The zero-order valence-electron chi connectivity index (χ0n) is 29.0. The number of methoxy groups -OCH3 is 2. The van der Waals surface area contributed by atoms with E-state index in [0.29, 0.717) is 18.8 Å². The van der Waals surface area contributed by atoms with Crippen molar-refractivity contribution in [3.63, 3.8) is 0 Å². The lowest BCUT2D eigenvalue weighted by molar-refractivity contribution is 0.0928. The number of fused-ring (bicyclic) bond motifs is 4. The predicted octanol–water partition coefficient (Wildman–Crippen LogP) is 3.98. The summed E-state index contributed by atoms with van der Waals surface area (Å²) in [7, 11) is 3.50. The molecule has 3 N–H and O–H groups in total. The van der Waals surface area contributed by atoms with Crippen molar-refractivity contribution >= 4 is 0 Å². The van der Waals surface area contributed by atoms with Crippen molar-refractivity contribution in [1.29, 1.82) is 0 Å². The molecule has 2 aromatic rings. The number of piperazine rings is 2. The van der Waals surface area contributed by atoms with Gasteiger partial charge in [-0.15, -0.1) is 0 Å². The van der Waals surface area contributed by atoms with Gasteiger partial charge in [0.2, 0.25) is 0 Å². The molecule has 0 radical (unpaired) electrons. The molecule has 2 aliphatic heterocycles. The van der Waals surface area contributed by atoms with Gasteiger partial charge in [-0.2, -0.15) is 0 Å². The summed E-state index contributed by atoms with van der Waals surface area (Å²) >= 11 is 0. The van der Waals surface area contributed by atoms with E-state index in [2.05, 4.69) is 53.4 Å². The van der Waals surface area contributed by atoms with Gasteiger partial charge in [0.05, 0.1) is 13.2 Å². The molecule has 0 bridgehead atoms. The molecule has 2 heterocycles. The van der Waals surface area contributed by atoms with E-state index in [9.17, 15) is 15.3 Å². The highest BCUT2D eigenvalue weighted by Crippen LogP contribution is 2.66. The Bertz CT molecular complexity index is 1410. The number of rotatable bonds is 10. The van der Waals surface area contributed by atoms with Crippen LogP contribution in [-0.4, -0.2) is 128 Å². The SMILES string of the molecule is COCCN1CCN(Cc2c(O)ccc3c2C2(CC3(C)C)CC(C)(C)c3cc(O)c(O)c(CN4CCN(CCOC)CC4)c32)CC1. The van der Waals surface area contributed by atoms with Crippen LogP contribution in [0.15, 0.2) is 18.2 Å². The lowest BCUT2D eigenvalue weighted by atomic mass is 9.70. The molecular formula is C37H56N4O5. The van der Waals surface area contributed by atoms with Crippen molar-refractivity contribution < 1.29 is 24.8 Å². The van der Waals surface area contributed by atoms with Gasteiger partial charge >= 0.3 is 0 Å². The van der Waals surface area contributed by atoms with Gasteiger partial charge in [0.15, 0.2) is 11.5 Å². The number of benzene rings is 2. The summed E-state index contributed by atoms with van der Waals surface area (Å²) in [4.78, 5) is 9.79. The highest BCUT2D eigenvalue weighted by atomic mass is 16.5. The maximum absolute atomic E-state index is 11.6. The summed E-state index contributed by atoms with van der Waals surface area (Å²) in [6.07, 6.45) is 1.77. The second-order valence-electron chi connectivity index (χ2n) is 15.6. The molecule has 2 aromatic carbocycles. The summed E-state index contributed by atoms with van der Waals surface area (Å²) in [5, 5.41) is 34.4. The molecule has 9 nitrogen and oxygen atoms in total. The summed E-state index contributed by atoms with van der Waals surface area (Å²) < 4.78 is 10.6. The maximum Gasteiger partial charge on any atom is 0.162 e. The van der Waals surface area contributed by atoms with Crippen LogP contribution in [0.2, 0.25) is 0 Å². The van der Waals surface area contributed by atoms with Gasteiger partial charge in [-0.1, -0.05) is 33.8 Å². The summed E-state index contributed by atoms with van der Waals surface area (Å²) in [5.41, 5.74) is 6.02. The molecule has 1 atom stereocenters. The molecule has 1 spiro atoms. The first-order chi connectivity index (χ1) is 21.9. The van der Waals surface area contributed by atoms with Crippen molar-refractivity contribution in [2.75, 3.05) is 92.9 Å². The van der Waals surface area contributed by atoms with Crippen LogP contribution in [0.4, 0.5) is 0 Å². The lowest BCUT2D eigenvalue weighted by Crippen LogP contribution is -2.47. The van der Waals surface area contributed by atoms with E-state index in [1.165, 1.54) is 16.7 Å². The first-order valence-electron chi connectivity index (χ1n) is 17.2. The lowest BCUT2D eigenvalue weighted by Gasteiger charge is -2.38. The summed E-state index contributed by atoms with van der Waals surface area (Å²) in [6, 6.07) is 5.89. The average Bonchev–Trinajstić information content (AvgIpc) is 3.38. The van der Waals surface area contributed by atoms with Gasteiger partial charge in [0, 0.05) is 109 Å². The minimum Gasteiger partial charge on any atom is -0.508 e. The number of ether oxygens (including phenoxy) is 2. The zero-order valence-corrected chi connectivity index (χ0v) is 29.0. The minimum absolute atomic E-state index is 0.0118. The highest BCUT2D eigenvalue weighted by Gasteiger charge is 2.59. The largest absolute Gasteiger partial charge is 0.508 e. The third-order valence-corrected chi connectivity index (χ3v) is 11.5. The number of nitrogens with zero attached hydrogens (tertiary/aromatic N) is 4. The zero-order chi connectivity index (χ0) is 32.9. The normalized spacial score (nSPS) is 24.9. The quantitative estimate of drug-likeness (QED) is 0.335. The van der Waals surface area contributed by atoms with Crippen molar-refractivity contribution in [3.05, 3.63) is 51.6 Å². The topological polar surface area (TPSA) is 92.1 Å². The molecule has 9 heteroatoms. The third-order valence-electron chi connectivity index (χ3n) is 11.5. The van der Waals surface area contributed by atoms with Crippen LogP contribution in [0.25, 0.3) is 0 Å². The van der Waals surface area contributed by atoms with E-state index in [1.54, 1.807) is 14.2 Å². The minimum atomic E-state index is -0.382. The van der Waals surface area contributed by atoms with Crippen molar-refractivity contribution in [2.45, 2.75) is 69.9 Å². The molecule has 2 aliphatic carbocycles. The highest BCUT2D eigenvalue weighted by molar-refractivity contribution is 5.69. The molecule has 0 aromatic heterocycles. The average molecular weight is 637 g/mol. The monoisotopic (exact) mass is 636 g/mol. The van der Waals surface area contributed by atoms with Gasteiger partial charge in [-0.25, -0.2) is 0 Å². The summed E-state index contributed by atoms with van der Waals surface area (Å²) in [6.45, 7) is 21.4. The van der Waals surface area contributed by atoms with Crippen LogP contribution in [0.5, 0.6) is 17.2 Å². The predicted molar refractivity (Wildman–Crippen MR) is 181 cm³/mol. The van der Waals surface area contributed by atoms with E-state index in [0.717, 1.165) is 108 Å². The molecule has 6 rings (SSSR count). The van der Waals surface area contributed by atoms with Gasteiger partial charge in [-0.3, -0.25) is 19.6 Å². The molecule has 2 saturated heterocycles. The van der Waals surface area contributed by atoms with Gasteiger partial charge in [0.1, 0.15) is 5.75 Å². The molecule has 0 amide bonds. The van der Waals surface area contributed by atoms with Crippen molar-refractivity contribution in [3.8, 4) is 17.2 Å². The number of hydrogen-bond donors (Lipinski definition) is 3. The molecular weight excluding hydrogens is 580 g/mol. The van der Waals surface area contributed by atoms with E-state index < -0.39 is 0 Å². The molecule has 254 valence electrons. The fraction of sp³-hybridized carbons (Fsp3) is 0.676. The van der Waals surface area contributed by atoms with E-state index in [1.807, 2.05) is 12.1 Å². The first kappa shape index (κ1) is 33.5. The first-order valence-corrected chi connectivity index (χ1v) is 17.2. The van der Waals surface area contributed by atoms with Gasteiger partial charge in [0.25, 0.3) is 0 Å². The smallest absolute Gasteiger partial charge is 0.162 e. The Morgan fingerprint density at radius 3 is 1.59 bits per heavy atom. The van der Waals surface area contributed by atoms with Crippen molar-refractivity contribution in [1.82, 2.24) is 19.6 Å². The Labute approximate surface area is 275 Å². The maximum atomic E-state index is 11.6. The molecule has 2 fully saturated rings. The third kappa shape index (κ3) is 6.03. The Morgan fingerprint density at radius 2 is 1.07 bits per heavy atom. The van der Waals surface area contributed by atoms with Crippen LogP contribution in [0.1, 0.15) is 73.9 Å². The van der Waals surface area contributed by atoms with Crippen LogP contribution in [-0.2, 0) is 38.8 Å². The number of phenolic OH excluding ortho intramolecular Hbond substituents is 3. The van der Waals surface area contributed by atoms with Gasteiger partial charge < -0.3 is 24.8 Å². The van der Waals surface area contributed by atoms with E-state index >= 15 is 0 Å².